The third kappa shape index (κ3) is 7.20. The van der Waals surface area contributed by atoms with Gasteiger partial charge in [0.2, 0.25) is 5.91 Å². The average Bonchev–Trinajstić information content (AvgIpc) is 2.43. The summed E-state index contributed by atoms with van der Waals surface area (Å²) in [6.45, 7) is 5.37. The van der Waals surface area contributed by atoms with Gasteiger partial charge in [-0.2, -0.15) is 5.26 Å². The van der Waals surface area contributed by atoms with E-state index in [0.29, 0.717) is 11.4 Å². The first-order chi connectivity index (χ1) is 10.7. The van der Waals surface area contributed by atoms with Crippen molar-refractivity contribution in [3.8, 4) is 6.07 Å². The molecule has 1 rings (SSSR count). The molecule has 0 aromatic heterocycles. The Morgan fingerprint density at radius 2 is 2.00 bits per heavy atom. The number of aliphatic carboxylic acids is 1. The summed E-state index contributed by atoms with van der Waals surface area (Å²) < 4.78 is 0. The van der Waals surface area contributed by atoms with Gasteiger partial charge in [0.05, 0.1) is 24.1 Å². The summed E-state index contributed by atoms with van der Waals surface area (Å²) in [5.74, 6) is -0.548. The zero-order valence-electron chi connectivity index (χ0n) is 13.6. The maximum absolute atomic E-state index is 12.2. The molecular weight excluding hydrogens is 312 g/mol. The van der Waals surface area contributed by atoms with Crippen LogP contribution in [0.1, 0.15) is 33.6 Å². The lowest BCUT2D eigenvalue weighted by Gasteiger charge is -2.22. The number of hydrogen-bond donors (Lipinski definition) is 2. The number of anilines is 1. The minimum Gasteiger partial charge on any atom is -0.481 e. The van der Waals surface area contributed by atoms with E-state index in [-0.39, 0.29) is 24.7 Å². The molecule has 1 atom stereocenters. The van der Waals surface area contributed by atoms with Crippen molar-refractivity contribution in [3.63, 3.8) is 0 Å². The lowest BCUT2D eigenvalue weighted by Crippen LogP contribution is -2.25. The molecule has 0 aliphatic heterocycles. The predicted molar refractivity (Wildman–Crippen MR) is 91.2 cm³/mol. The fraction of sp³-hybridized carbons (Fsp3) is 0.471. The van der Waals surface area contributed by atoms with E-state index in [2.05, 4.69) is 11.4 Å². The molecule has 1 aromatic rings. The fourth-order valence-electron chi connectivity index (χ4n) is 2.05. The van der Waals surface area contributed by atoms with Crippen LogP contribution in [0.15, 0.2) is 29.2 Å². The van der Waals surface area contributed by atoms with Crippen LogP contribution in [-0.4, -0.2) is 22.7 Å². The van der Waals surface area contributed by atoms with Gasteiger partial charge in [-0.3, -0.25) is 9.59 Å². The van der Waals surface area contributed by atoms with Crippen molar-refractivity contribution in [3.05, 3.63) is 24.3 Å². The molecule has 0 saturated carbocycles. The number of benzene rings is 1. The molecule has 0 spiro atoms. The first-order valence-corrected chi connectivity index (χ1v) is 8.35. The molecule has 2 N–H and O–H groups in total. The monoisotopic (exact) mass is 334 g/mol. The number of para-hydroxylation sites is 1. The first kappa shape index (κ1) is 19.0. The number of nitrogens with zero attached hydrogens (tertiary/aromatic N) is 1. The highest BCUT2D eigenvalue weighted by molar-refractivity contribution is 7.99. The molecule has 0 heterocycles. The van der Waals surface area contributed by atoms with Crippen molar-refractivity contribution in [1.82, 2.24) is 0 Å². The van der Waals surface area contributed by atoms with E-state index in [1.165, 1.54) is 11.8 Å². The molecule has 0 radical (unpaired) electrons. The quantitative estimate of drug-likeness (QED) is 0.706. The number of carbonyl (C=O) groups excluding carboxylic acids is 1. The van der Waals surface area contributed by atoms with Crippen LogP contribution in [0, 0.1) is 22.7 Å². The topological polar surface area (TPSA) is 90.2 Å². The van der Waals surface area contributed by atoms with E-state index in [4.69, 9.17) is 10.4 Å². The molecule has 0 saturated heterocycles. The van der Waals surface area contributed by atoms with Gasteiger partial charge < -0.3 is 10.4 Å². The molecule has 1 amide bonds. The molecule has 1 unspecified atom stereocenters. The molecule has 23 heavy (non-hydrogen) atoms. The van der Waals surface area contributed by atoms with Gasteiger partial charge in [0, 0.05) is 17.1 Å². The summed E-state index contributed by atoms with van der Waals surface area (Å²) >= 11 is 1.52. The number of amides is 1. The minimum atomic E-state index is -0.913. The number of rotatable bonds is 8. The number of nitriles is 1. The number of hydrogen-bond acceptors (Lipinski definition) is 4. The lowest BCUT2D eigenvalue weighted by atomic mass is 9.85. The van der Waals surface area contributed by atoms with Crippen molar-refractivity contribution < 1.29 is 14.7 Å². The smallest absolute Gasteiger partial charge is 0.303 e. The van der Waals surface area contributed by atoms with Crippen LogP contribution in [0.4, 0.5) is 5.69 Å². The highest BCUT2D eigenvalue weighted by Gasteiger charge is 2.25. The van der Waals surface area contributed by atoms with Gasteiger partial charge in [-0.1, -0.05) is 26.0 Å². The zero-order chi connectivity index (χ0) is 17.5. The van der Waals surface area contributed by atoms with E-state index in [0.717, 1.165) is 4.90 Å². The summed E-state index contributed by atoms with van der Waals surface area (Å²) in [5, 5.41) is 20.6. The first-order valence-electron chi connectivity index (χ1n) is 7.36. The van der Waals surface area contributed by atoms with Crippen molar-refractivity contribution in [2.45, 2.75) is 38.5 Å². The largest absolute Gasteiger partial charge is 0.481 e. The average molecular weight is 334 g/mol. The highest BCUT2D eigenvalue weighted by atomic mass is 32.2. The van der Waals surface area contributed by atoms with E-state index in [1.54, 1.807) is 13.8 Å². The van der Waals surface area contributed by atoms with Crippen LogP contribution in [0.3, 0.4) is 0 Å². The third-order valence-corrected chi connectivity index (χ3v) is 4.47. The maximum Gasteiger partial charge on any atom is 0.303 e. The van der Waals surface area contributed by atoms with Gasteiger partial charge in [0.15, 0.2) is 0 Å². The number of carbonyl (C=O) groups is 2. The van der Waals surface area contributed by atoms with Crippen LogP contribution in [-0.2, 0) is 9.59 Å². The number of carboxylic acid groups (broad SMARTS) is 1. The molecule has 0 aliphatic carbocycles. The summed E-state index contributed by atoms with van der Waals surface area (Å²) in [5.41, 5.74) is 0.0895. The molecule has 5 nitrogen and oxygen atoms in total. The molecule has 0 aliphatic rings. The van der Waals surface area contributed by atoms with Crippen molar-refractivity contribution in [2.75, 3.05) is 11.1 Å². The predicted octanol–water partition coefficient (Wildman–Crippen LogP) is 3.77. The third-order valence-electron chi connectivity index (χ3n) is 3.14. The Morgan fingerprint density at radius 1 is 1.35 bits per heavy atom. The number of thioether (sulfide) groups is 1. The van der Waals surface area contributed by atoms with Gasteiger partial charge in [0.25, 0.3) is 0 Å². The lowest BCUT2D eigenvalue weighted by molar-refractivity contribution is -0.139. The van der Waals surface area contributed by atoms with Crippen molar-refractivity contribution in [2.24, 2.45) is 11.3 Å². The van der Waals surface area contributed by atoms with Gasteiger partial charge in [-0.25, -0.2) is 0 Å². The van der Waals surface area contributed by atoms with Crippen molar-refractivity contribution >= 4 is 29.3 Å². The zero-order valence-corrected chi connectivity index (χ0v) is 14.4. The standard InChI is InChI=1S/C17H22N2O3S/c1-12(10-18)11-23-14-7-5-4-6-13(14)19-15(20)8-17(2,3)9-16(21)22/h4-7,12H,8-9,11H2,1-3H3,(H,19,20)(H,21,22). The van der Waals surface area contributed by atoms with E-state index < -0.39 is 11.4 Å². The second-order valence-electron chi connectivity index (χ2n) is 6.30. The van der Waals surface area contributed by atoms with Crippen LogP contribution in [0.2, 0.25) is 0 Å². The van der Waals surface area contributed by atoms with E-state index in [1.807, 2.05) is 31.2 Å². The molecule has 6 heteroatoms. The van der Waals surface area contributed by atoms with Gasteiger partial charge in [-0.15, -0.1) is 11.8 Å². The number of carboxylic acids is 1. The summed E-state index contributed by atoms with van der Waals surface area (Å²) in [7, 11) is 0. The normalized spacial score (nSPS) is 12.3. The molecular formula is C17H22N2O3S. The molecule has 1 aromatic carbocycles. The Labute approximate surface area is 141 Å². The fourth-order valence-corrected chi connectivity index (χ4v) is 3.00. The van der Waals surface area contributed by atoms with Gasteiger partial charge in [-0.05, 0) is 24.5 Å². The summed E-state index contributed by atoms with van der Waals surface area (Å²) in [4.78, 5) is 23.9. The Hall–Kier alpha value is -2.00. The van der Waals surface area contributed by atoms with Crippen LogP contribution < -0.4 is 5.32 Å². The molecule has 124 valence electrons. The van der Waals surface area contributed by atoms with Crippen LogP contribution in [0.25, 0.3) is 0 Å². The Balaban J connectivity index is 2.71. The minimum absolute atomic E-state index is 0.0590. The second kappa shape index (κ2) is 8.59. The number of nitrogens with one attached hydrogen (secondary N) is 1. The van der Waals surface area contributed by atoms with Crippen LogP contribution in [0.5, 0.6) is 0 Å². The summed E-state index contributed by atoms with van der Waals surface area (Å²) in [6.07, 6.45) is 0.0728. The maximum atomic E-state index is 12.2. The van der Waals surface area contributed by atoms with Crippen molar-refractivity contribution in [1.29, 1.82) is 5.26 Å². The van der Waals surface area contributed by atoms with E-state index >= 15 is 0 Å². The Kier molecular flexibility index (Phi) is 7.11. The highest BCUT2D eigenvalue weighted by Crippen LogP contribution is 2.30. The molecule has 0 bridgehead atoms. The Bertz CT molecular complexity index is 608. The van der Waals surface area contributed by atoms with E-state index in [9.17, 15) is 9.59 Å². The van der Waals surface area contributed by atoms with Gasteiger partial charge >= 0.3 is 5.97 Å². The second-order valence-corrected chi connectivity index (χ2v) is 7.36. The molecule has 0 fully saturated rings. The van der Waals surface area contributed by atoms with Gasteiger partial charge in [0.1, 0.15) is 0 Å². The van der Waals surface area contributed by atoms with Crippen LogP contribution >= 0.6 is 11.8 Å². The SMILES string of the molecule is CC(C#N)CSc1ccccc1NC(=O)CC(C)(C)CC(=O)O. The summed E-state index contributed by atoms with van der Waals surface area (Å²) in [6, 6.07) is 9.59. The Morgan fingerprint density at radius 3 is 2.61 bits per heavy atom.